The molecule has 4 unspecified atom stereocenters. The van der Waals surface area contributed by atoms with Gasteiger partial charge in [0.1, 0.15) is 0 Å². The summed E-state index contributed by atoms with van der Waals surface area (Å²) in [5.74, 6) is -0.187. The van der Waals surface area contributed by atoms with Gasteiger partial charge in [-0.3, -0.25) is 4.79 Å². The van der Waals surface area contributed by atoms with E-state index in [1.54, 1.807) is 0 Å². The second kappa shape index (κ2) is 4.86. The molecule has 0 radical (unpaired) electrons. The Morgan fingerprint density at radius 2 is 2.30 bits per heavy atom. The van der Waals surface area contributed by atoms with Crippen molar-refractivity contribution in [1.29, 1.82) is 0 Å². The molecule has 1 N–H and O–H groups in total. The Kier molecular flexibility index (Phi) is 3.43. The van der Waals surface area contributed by atoms with Crippen LogP contribution in [0.15, 0.2) is 12.2 Å². The second-order valence-corrected chi connectivity index (χ2v) is 7.04. The quantitative estimate of drug-likeness (QED) is 0.485. The number of carbonyl (C=O) groups excluding carboxylic acids is 2. The lowest BCUT2D eigenvalue weighted by atomic mass is 9.66. The monoisotopic (exact) mass is 341 g/mol. The van der Waals surface area contributed by atoms with Gasteiger partial charge in [0.15, 0.2) is 11.1 Å². The number of amides is 1. The van der Waals surface area contributed by atoms with Crippen LogP contribution in [0.5, 0.6) is 0 Å². The number of esters is 1. The van der Waals surface area contributed by atoms with Crippen LogP contribution in [0.4, 0.5) is 0 Å². The Morgan fingerprint density at radius 1 is 1.50 bits per heavy atom. The van der Waals surface area contributed by atoms with Crippen LogP contribution in [-0.4, -0.2) is 28.3 Å². The molecular formula is C15H20BrNO3. The molecule has 2 saturated heterocycles. The number of rotatable bonds is 4. The van der Waals surface area contributed by atoms with Gasteiger partial charge in [-0.2, -0.15) is 0 Å². The smallest absolute Gasteiger partial charge is 0.336 e. The molecule has 1 amide bonds. The van der Waals surface area contributed by atoms with Crippen LogP contribution < -0.4 is 5.32 Å². The van der Waals surface area contributed by atoms with Gasteiger partial charge in [0, 0.05) is 5.33 Å². The molecule has 0 aromatic carbocycles. The van der Waals surface area contributed by atoms with Crippen molar-refractivity contribution < 1.29 is 14.3 Å². The number of halogens is 1. The third-order valence-electron chi connectivity index (χ3n) is 5.14. The first-order chi connectivity index (χ1) is 9.53. The molecule has 20 heavy (non-hydrogen) atoms. The highest BCUT2D eigenvalue weighted by Gasteiger charge is 2.75. The van der Waals surface area contributed by atoms with Gasteiger partial charge in [-0.25, -0.2) is 4.79 Å². The second-order valence-electron chi connectivity index (χ2n) is 6.24. The molecular weight excluding hydrogens is 322 g/mol. The summed E-state index contributed by atoms with van der Waals surface area (Å²) >= 11 is 3.38. The lowest BCUT2D eigenvalue weighted by molar-refractivity contribution is -0.222. The van der Waals surface area contributed by atoms with Gasteiger partial charge in [0.2, 0.25) is 5.91 Å². The van der Waals surface area contributed by atoms with Gasteiger partial charge in [-0.05, 0) is 44.9 Å². The summed E-state index contributed by atoms with van der Waals surface area (Å²) < 4.78 is 5.46. The van der Waals surface area contributed by atoms with Gasteiger partial charge < -0.3 is 10.1 Å². The number of carbonyl (C=O) groups is 2. The largest absolute Gasteiger partial charge is 0.453 e. The van der Waals surface area contributed by atoms with Crippen molar-refractivity contribution in [3.8, 4) is 0 Å². The number of nitrogens with one attached hydrogen (secondary N) is 1. The summed E-state index contributed by atoms with van der Waals surface area (Å²) in [6.45, 7) is 1.91. The van der Waals surface area contributed by atoms with Gasteiger partial charge >= 0.3 is 5.97 Å². The highest BCUT2D eigenvalue weighted by atomic mass is 79.9. The van der Waals surface area contributed by atoms with Crippen molar-refractivity contribution in [1.82, 2.24) is 5.32 Å². The number of fused-ring (bicyclic) bond motifs is 1. The van der Waals surface area contributed by atoms with Crippen molar-refractivity contribution in [3.63, 3.8) is 0 Å². The molecule has 4 nitrogen and oxygen atoms in total. The van der Waals surface area contributed by atoms with Crippen molar-refractivity contribution in [2.45, 2.75) is 50.2 Å². The Morgan fingerprint density at radius 3 is 2.90 bits per heavy atom. The van der Waals surface area contributed by atoms with Gasteiger partial charge in [-0.15, -0.1) is 0 Å². The van der Waals surface area contributed by atoms with E-state index >= 15 is 0 Å². The standard InChI is InChI=1S/C15H20BrNO3/c1-14-11(7-8-16)12(18)17-15(14,13(19)20-14)9-10-5-3-2-4-6-10/h3,5,10-11H,2,4,6-9H2,1H3,(H,17,18). The lowest BCUT2D eigenvalue weighted by Crippen LogP contribution is -2.74. The predicted octanol–water partition coefficient (Wildman–Crippen LogP) is 2.32. The van der Waals surface area contributed by atoms with E-state index in [9.17, 15) is 9.59 Å². The van der Waals surface area contributed by atoms with Crippen LogP contribution in [-0.2, 0) is 14.3 Å². The molecule has 0 aromatic rings. The van der Waals surface area contributed by atoms with Crippen LogP contribution in [0.2, 0.25) is 0 Å². The van der Waals surface area contributed by atoms with E-state index in [1.165, 1.54) is 0 Å². The molecule has 2 aliphatic heterocycles. The Hall–Kier alpha value is -0.840. The molecule has 3 rings (SSSR count). The van der Waals surface area contributed by atoms with Crippen molar-refractivity contribution in [2.75, 3.05) is 5.33 Å². The molecule has 1 aliphatic carbocycles. The van der Waals surface area contributed by atoms with Crippen LogP contribution in [0.25, 0.3) is 0 Å². The molecule has 0 bridgehead atoms. The van der Waals surface area contributed by atoms with Crippen LogP contribution in [0.1, 0.15) is 39.0 Å². The van der Waals surface area contributed by atoms with E-state index in [-0.39, 0.29) is 17.8 Å². The summed E-state index contributed by atoms with van der Waals surface area (Å²) in [5, 5.41) is 3.70. The first kappa shape index (κ1) is 14.1. The van der Waals surface area contributed by atoms with Gasteiger partial charge in [-0.1, -0.05) is 28.1 Å². The highest BCUT2D eigenvalue weighted by Crippen LogP contribution is 2.53. The Bertz CT molecular complexity index is 478. The van der Waals surface area contributed by atoms with E-state index in [1.807, 2.05) is 6.92 Å². The number of allylic oxidation sites excluding steroid dienone is 2. The van der Waals surface area contributed by atoms with E-state index < -0.39 is 11.1 Å². The maximum absolute atomic E-state index is 12.2. The van der Waals surface area contributed by atoms with Crippen molar-refractivity contribution in [3.05, 3.63) is 12.2 Å². The molecule has 3 aliphatic rings. The molecule has 0 spiro atoms. The molecule has 110 valence electrons. The minimum atomic E-state index is -0.802. The van der Waals surface area contributed by atoms with Crippen LogP contribution in [0, 0.1) is 11.8 Å². The van der Waals surface area contributed by atoms with Crippen molar-refractivity contribution in [2.24, 2.45) is 11.8 Å². The minimum absolute atomic E-state index is 0.0439. The molecule has 4 atom stereocenters. The summed E-state index contributed by atoms with van der Waals surface area (Å²) in [6, 6.07) is 0. The fourth-order valence-corrected chi connectivity index (χ4v) is 4.37. The molecule has 5 heteroatoms. The summed E-state index contributed by atoms with van der Waals surface area (Å²) in [7, 11) is 0. The molecule has 0 saturated carbocycles. The fourth-order valence-electron chi connectivity index (χ4n) is 3.91. The van der Waals surface area contributed by atoms with Gasteiger partial charge in [0.05, 0.1) is 5.92 Å². The van der Waals surface area contributed by atoms with E-state index in [0.29, 0.717) is 18.8 Å². The molecule has 2 fully saturated rings. The zero-order chi connectivity index (χ0) is 14.4. The van der Waals surface area contributed by atoms with E-state index in [0.717, 1.165) is 24.6 Å². The van der Waals surface area contributed by atoms with Crippen molar-refractivity contribution >= 4 is 27.8 Å². The first-order valence-corrected chi connectivity index (χ1v) is 8.44. The van der Waals surface area contributed by atoms with E-state index in [2.05, 4.69) is 33.4 Å². The average Bonchev–Trinajstić information content (AvgIpc) is 2.59. The third kappa shape index (κ3) is 1.78. The Labute approximate surface area is 127 Å². The highest BCUT2D eigenvalue weighted by molar-refractivity contribution is 9.09. The number of alkyl halides is 1. The zero-order valence-electron chi connectivity index (χ0n) is 11.7. The predicted molar refractivity (Wildman–Crippen MR) is 78.4 cm³/mol. The normalized spacial score (nSPS) is 42.7. The van der Waals surface area contributed by atoms with Gasteiger partial charge in [0.25, 0.3) is 0 Å². The maximum Gasteiger partial charge on any atom is 0.336 e. The fraction of sp³-hybridized carbons (Fsp3) is 0.733. The average molecular weight is 342 g/mol. The topological polar surface area (TPSA) is 55.4 Å². The lowest BCUT2D eigenvalue weighted by Gasteiger charge is -2.52. The number of hydrogen-bond acceptors (Lipinski definition) is 3. The van der Waals surface area contributed by atoms with Crippen LogP contribution >= 0.6 is 15.9 Å². The zero-order valence-corrected chi connectivity index (χ0v) is 13.2. The molecule has 2 heterocycles. The Balaban J connectivity index is 1.86. The van der Waals surface area contributed by atoms with E-state index in [4.69, 9.17) is 4.74 Å². The third-order valence-corrected chi connectivity index (χ3v) is 5.60. The number of hydrogen-bond donors (Lipinski definition) is 1. The first-order valence-electron chi connectivity index (χ1n) is 7.31. The SMILES string of the molecule is CC12OC(=O)C1(CC1C=CCCC1)NC(=O)C2CCBr. The maximum atomic E-state index is 12.2. The van der Waals surface area contributed by atoms with Crippen LogP contribution in [0.3, 0.4) is 0 Å². The number of ether oxygens (including phenoxy) is 1. The summed E-state index contributed by atoms with van der Waals surface area (Å²) in [5.41, 5.74) is -1.48. The summed E-state index contributed by atoms with van der Waals surface area (Å²) in [4.78, 5) is 24.4. The molecule has 0 aromatic heterocycles. The minimum Gasteiger partial charge on any atom is -0.453 e. The summed E-state index contributed by atoms with van der Waals surface area (Å²) in [6.07, 6.45) is 9.08.